The van der Waals surface area contributed by atoms with Crippen LogP contribution in [0.4, 0.5) is 11.5 Å². The van der Waals surface area contributed by atoms with Crippen molar-refractivity contribution in [3.63, 3.8) is 0 Å². The summed E-state index contributed by atoms with van der Waals surface area (Å²) < 4.78 is 0. The lowest BCUT2D eigenvalue weighted by Crippen LogP contribution is -2.41. The van der Waals surface area contributed by atoms with Crippen molar-refractivity contribution < 1.29 is 4.79 Å². The fraction of sp³-hybridized carbons (Fsp3) is 0.500. The van der Waals surface area contributed by atoms with Crippen LogP contribution in [-0.2, 0) is 4.79 Å². The molecule has 1 unspecified atom stereocenters. The molecule has 0 fully saturated rings. The van der Waals surface area contributed by atoms with Crippen molar-refractivity contribution in [3.05, 3.63) is 17.8 Å². The highest BCUT2D eigenvalue weighted by atomic mass is 16.2. The molecule has 1 rings (SSSR count). The van der Waals surface area contributed by atoms with Crippen LogP contribution < -0.4 is 16.4 Å². The van der Waals surface area contributed by atoms with E-state index >= 15 is 0 Å². The van der Waals surface area contributed by atoms with Crippen molar-refractivity contribution in [1.29, 1.82) is 0 Å². The zero-order valence-electron chi connectivity index (χ0n) is 10.7. The molecule has 5 nitrogen and oxygen atoms in total. The molecule has 0 radical (unpaired) electrons. The molecule has 0 aromatic carbocycles. The lowest BCUT2D eigenvalue weighted by atomic mass is 10.2. The Labute approximate surface area is 102 Å². The van der Waals surface area contributed by atoms with Crippen LogP contribution >= 0.6 is 0 Å². The van der Waals surface area contributed by atoms with E-state index in [2.05, 4.69) is 15.6 Å². The molecule has 0 aliphatic carbocycles. The molecular formula is C12H20N4O. The van der Waals surface area contributed by atoms with E-state index in [4.69, 9.17) is 5.73 Å². The van der Waals surface area contributed by atoms with Crippen LogP contribution in [-0.4, -0.2) is 23.0 Å². The van der Waals surface area contributed by atoms with Gasteiger partial charge >= 0.3 is 0 Å². The topological polar surface area (TPSA) is 80.0 Å². The molecule has 1 heterocycles. The van der Waals surface area contributed by atoms with Crippen molar-refractivity contribution in [2.75, 3.05) is 11.1 Å². The monoisotopic (exact) mass is 236 g/mol. The summed E-state index contributed by atoms with van der Waals surface area (Å²) >= 11 is 0. The quantitative estimate of drug-likeness (QED) is 0.736. The Morgan fingerprint density at radius 2 is 2.06 bits per heavy atom. The minimum Gasteiger partial charge on any atom is -0.396 e. The second kappa shape index (κ2) is 5.52. The van der Waals surface area contributed by atoms with Crippen LogP contribution in [0.15, 0.2) is 12.3 Å². The Hall–Kier alpha value is -1.78. The number of nitrogens with one attached hydrogen (secondary N) is 2. The second-order valence-electron chi connectivity index (χ2n) is 4.48. The fourth-order valence-electron chi connectivity index (χ4n) is 1.39. The van der Waals surface area contributed by atoms with Crippen molar-refractivity contribution >= 4 is 17.4 Å². The van der Waals surface area contributed by atoms with Gasteiger partial charge in [0, 0.05) is 12.2 Å². The summed E-state index contributed by atoms with van der Waals surface area (Å²) in [5.74, 6) is 0.476. The molecule has 1 aromatic rings. The van der Waals surface area contributed by atoms with Gasteiger partial charge in [-0.15, -0.1) is 0 Å². The molecule has 1 aromatic heterocycles. The predicted octanol–water partition coefficient (Wildman–Crippen LogP) is 1.30. The number of anilines is 2. The number of aryl methyl sites for hydroxylation is 1. The highest BCUT2D eigenvalue weighted by molar-refractivity contribution is 5.85. The highest BCUT2D eigenvalue weighted by Crippen LogP contribution is 2.16. The van der Waals surface area contributed by atoms with Gasteiger partial charge in [-0.2, -0.15) is 0 Å². The third-order valence-corrected chi connectivity index (χ3v) is 2.23. The SMILES string of the molecule is Cc1cnc(NC(C)C(=O)NC(C)C)c(N)c1. The van der Waals surface area contributed by atoms with Crippen LogP contribution in [0.5, 0.6) is 0 Å². The first kappa shape index (κ1) is 13.3. The molecule has 0 saturated carbocycles. The number of hydrogen-bond donors (Lipinski definition) is 3. The molecule has 5 heteroatoms. The summed E-state index contributed by atoms with van der Waals surface area (Å²) in [4.78, 5) is 15.9. The van der Waals surface area contributed by atoms with Gasteiger partial charge in [-0.3, -0.25) is 4.79 Å². The van der Waals surface area contributed by atoms with Gasteiger partial charge in [-0.25, -0.2) is 4.98 Å². The van der Waals surface area contributed by atoms with Gasteiger partial charge in [-0.1, -0.05) is 0 Å². The third-order valence-electron chi connectivity index (χ3n) is 2.23. The van der Waals surface area contributed by atoms with Crippen molar-refractivity contribution in [2.45, 2.75) is 39.8 Å². The molecule has 0 bridgehead atoms. The van der Waals surface area contributed by atoms with Crippen LogP contribution in [0.25, 0.3) is 0 Å². The number of amides is 1. The third kappa shape index (κ3) is 3.94. The first-order valence-electron chi connectivity index (χ1n) is 5.69. The largest absolute Gasteiger partial charge is 0.396 e. The van der Waals surface area contributed by atoms with Gasteiger partial charge < -0.3 is 16.4 Å². The minimum atomic E-state index is -0.366. The van der Waals surface area contributed by atoms with Crippen LogP contribution in [0, 0.1) is 6.92 Å². The maximum absolute atomic E-state index is 11.7. The predicted molar refractivity (Wildman–Crippen MR) is 69.7 cm³/mol. The van der Waals surface area contributed by atoms with E-state index in [1.54, 1.807) is 13.1 Å². The van der Waals surface area contributed by atoms with E-state index in [1.807, 2.05) is 26.8 Å². The molecule has 0 spiro atoms. The fourth-order valence-corrected chi connectivity index (χ4v) is 1.39. The number of carbonyl (C=O) groups excluding carboxylic acids is 1. The van der Waals surface area contributed by atoms with E-state index in [0.717, 1.165) is 5.56 Å². The first-order chi connectivity index (χ1) is 7.90. The first-order valence-corrected chi connectivity index (χ1v) is 5.69. The Kier molecular flexibility index (Phi) is 4.31. The van der Waals surface area contributed by atoms with E-state index in [-0.39, 0.29) is 18.0 Å². The molecule has 17 heavy (non-hydrogen) atoms. The molecule has 1 atom stereocenters. The maximum atomic E-state index is 11.7. The maximum Gasteiger partial charge on any atom is 0.242 e. The second-order valence-corrected chi connectivity index (χ2v) is 4.48. The Bertz CT molecular complexity index is 403. The number of pyridine rings is 1. The van der Waals surface area contributed by atoms with E-state index < -0.39 is 0 Å². The Morgan fingerprint density at radius 1 is 1.41 bits per heavy atom. The Morgan fingerprint density at radius 3 is 2.59 bits per heavy atom. The zero-order valence-corrected chi connectivity index (χ0v) is 10.7. The number of nitrogens with two attached hydrogens (primary N) is 1. The zero-order chi connectivity index (χ0) is 13.0. The molecule has 94 valence electrons. The van der Waals surface area contributed by atoms with E-state index in [0.29, 0.717) is 11.5 Å². The molecule has 0 aliphatic heterocycles. The number of hydrogen-bond acceptors (Lipinski definition) is 4. The normalized spacial score (nSPS) is 12.3. The summed E-state index contributed by atoms with van der Waals surface area (Å²) in [6, 6.07) is 1.58. The van der Waals surface area contributed by atoms with Crippen molar-refractivity contribution in [1.82, 2.24) is 10.3 Å². The lowest BCUT2D eigenvalue weighted by Gasteiger charge is -2.17. The molecule has 0 saturated heterocycles. The number of carbonyl (C=O) groups is 1. The van der Waals surface area contributed by atoms with Crippen molar-refractivity contribution in [3.8, 4) is 0 Å². The number of nitrogens with zero attached hydrogens (tertiary/aromatic N) is 1. The molecule has 4 N–H and O–H groups in total. The number of aromatic nitrogens is 1. The van der Waals surface area contributed by atoms with Crippen LogP contribution in [0.1, 0.15) is 26.3 Å². The summed E-state index contributed by atoms with van der Waals surface area (Å²) in [6.45, 7) is 7.53. The summed E-state index contributed by atoms with van der Waals surface area (Å²) in [6.07, 6.45) is 1.71. The summed E-state index contributed by atoms with van der Waals surface area (Å²) in [7, 11) is 0. The van der Waals surface area contributed by atoms with Crippen LogP contribution in [0.3, 0.4) is 0 Å². The summed E-state index contributed by atoms with van der Waals surface area (Å²) in [5, 5.41) is 5.82. The average Bonchev–Trinajstić information content (AvgIpc) is 2.21. The van der Waals surface area contributed by atoms with Crippen LogP contribution in [0.2, 0.25) is 0 Å². The van der Waals surface area contributed by atoms with Gasteiger partial charge in [0.25, 0.3) is 0 Å². The number of nitrogen functional groups attached to an aromatic ring is 1. The van der Waals surface area contributed by atoms with Gasteiger partial charge in [-0.05, 0) is 39.3 Å². The summed E-state index contributed by atoms with van der Waals surface area (Å²) in [5.41, 5.74) is 7.36. The van der Waals surface area contributed by atoms with Gasteiger partial charge in [0.2, 0.25) is 5.91 Å². The van der Waals surface area contributed by atoms with Gasteiger partial charge in [0.15, 0.2) is 0 Å². The number of rotatable bonds is 4. The van der Waals surface area contributed by atoms with E-state index in [1.165, 1.54) is 0 Å². The standard InChI is InChI=1S/C12H20N4O/c1-7(2)15-12(17)9(4)16-11-10(13)5-8(3)6-14-11/h5-7,9H,13H2,1-4H3,(H,14,16)(H,15,17). The molecule has 1 amide bonds. The van der Waals surface area contributed by atoms with Gasteiger partial charge in [0.1, 0.15) is 11.9 Å². The average molecular weight is 236 g/mol. The smallest absolute Gasteiger partial charge is 0.242 e. The Balaban J connectivity index is 2.67. The highest BCUT2D eigenvalue weighted by Gasteiger charge is 2.14. The minimum absolute atomic E-state index is 0.0678. The van der Waals surface area contributed by atoms with Crippen molar-refractivity contribution in [2.24, 2.45) is 0 Å². The lowest BCUT2D eigenvalue weighted by molar-refractivity contribution is -0.122. The molecular weight excluding hydrogens is 216 g/mol. The van der Waals surface area contributed by atoms with Gasteiger partial charge in [0.05, 0.1) is 5.69 Å². The van der Waals surface area contributed by atoms with E-state index in [9.17, 15) is 4.79 Å². The molecule has 0 aliphatic rings.